The highest BCUT2D eigenvalue weighted by molar-refractivity contribution is 7.99. The van der Waals surface area contributed by atoms with Gasteiger partial charge in [-0.15, -0.1) is 10.2 Å². The molecule has 0 aliphatic carbocycles. The summed E-state index contributed by atoms with van der Waals surface area (Å²) in [6.45, 7) is 2.52. The second-order valence-electron chi connectivity index (χ2n) is 6.36. The molecule has 0 atom stereocenters. The average molecular weight is 443 g/mol. The SMILES string of the molecule is CCn1c(SCC(=O)c2cccc([N+](=O)[O-])c2)nnc1-c1cc2cc(Cl)ccc2o1. The van der Waals surface area contributed by atoms with Crippen molar-refractivity contribution in [1.29, 1.82) is 0 Å². The molecule has 0 saturated heterocycles. The Kier molecular flexibility index (Phi) is 5.56. The summed E-state index contributed by atoms with van der Waals surface area (Å²) >= 11 is 7.26. The Morgan fingerprint density at radius 3 is 2.83 bits per heavy atom. The number of aromatic nitrogens is 3. The topological polar surface area (TPSA) is 104 Å². The van der Waals surface area contributed by atoms with Gasteiger partial charge in [-0.1, -0.05) is 35.5 Å². The lowest BCUT2D eigenvalue weighted by Crippen LogP contribution is -2.05. The van der Waals surface area contributed by atoms with E-state index in [2.05, 4.69) is 10.2 Å². The number of hydrogen-bond acceptors (Lipinski definition) is 7. The highest BCUT2D eigenvalue weighted by atomic mass is 35.5. The van der Waals surface area contributed by atoms with Gasteiger partial charge in [0.15, 0.2) is 16.7 Å². The molecule has 0 fully saturated rings. The molecule has 0 unspecified atom stereocenters. The smallest absolute Gasteiger partial charge is 0.270 e. The molecule has 152 valence electrons. The van der Waals surface area contributed by atoms with E-state index in [-0.39, 0.29) is 22.8 Å². The molecular weight excluding hydrogens is 428 g/mol. The van der Waals surface area contributed by atoms with E-state index in [1.54, 1.807) is 18.2 Å². The molecule has 0 saturated carbocycles. The number of carbonyl (C=O) groups is 1. The number of fused-ring (bicyclic) bond motifs is 1. The molecule has 0 aliphatic rings. The van der Waals surface area contributed by atoms with Gasteiger partial charge < -0.3 is 4.42 Å². The number of Topliss-reactive ketones (excluding diaryl/α,β-unsaturated/α-hetero) is 1. The molecule has 0 bridgehead atoms. The fourth-order valence-electron chi connectivity index (χ4n) is 2.99. The fourth-order valence-corrected chi connectivity index (χ4v) is 4.07. The van der Waals surface area contributed by atoms with Gasteiger partial charge in [-0.25, -0.2) is 0 Å². The van der Waals surface area contributed by atoms with E-state index in [0.717, 1.165) is 5.39 Å². The van der Waals surface area contributed by atoms with Gasteiger partial charge in [-0.05, 0) is 31.2 Å². The zero-order valence-corrected chi connectivity index (χ0v) is 17.3. The number of ketones is 1. The third-order valence-corrected chi connectivity index (χ3v) is 5.64. The number of hydrogen-bond donors (Lipinski definition) is 0. The van der Waals surface area contributed by atoms with Gasteiger partial charge in [-0.3, -0.25) is 19.5 Å². The monoisotopic (exact) mass is 442 g/mol. The molecule has 0 radical (unpaired) electrons. The lowest BCUT2D eigenvalue weighted by molar-refractivity contribution is -0.384. The van der Waals surface area contributed by atoms with E-state index in [4.69, 9.17) is 16.0 Å². The highest BCUT2D eigenvalue weighted by Gasteiger charge is 2.19. The van der Waals surface area contributed by atoms with Crippen molar-refractivity contribution in [3.63, 3.8) is 0 Å². The van der Waals surface area contributed by atoms with Crippen LogP contribution >= 0.6 is 23.4 Å². The van der Waals surface area contributed by atoms with Gasteiger partial charge in [0.1, 0.15) is 5.58 Å². The Morgan fingerprint density at radius 2 is 2.07 bits per heavy atom. The van der Waals surface area contributed by atoms with E-state index in [0.29, 0.717) is 33.9 Å². The summed E-state index contributed by atoms with van der Waals surface area (Å²) in [7, 11) is 0. The Labute approximate surface area is 180 Å². The number of rotatable bonds is 7. The van der Waals surface area contributed by atoms with Crippen molar-refractivity contribution in [1.82, 2.24) is 14.8 Å². The van der Waals surface area contributed by atoms with Crippen LogP contribution in [-0.4, -0.2) is 31.2 Å². The number of nitro groups is 1. The lowest BCUT2D eigenvalue weighted by atomic mass is 10.1. The van der Waals surface area contributed by atoms with Crippen molar-refractivity contribution in [2.24, 2.45) is 0 Å². The largest absolute Gasteiger partial charge is 0.453 e. The summed E-state index contributed by atoms with van der Waals surface area (Å²) in [5.74, 6) is 0.956. The van der Waals surface area contributed by atoms with E-state index < -0.39 is 4.92 Å². The van der Waals surface area contributed by atoms with Crippen molar-refractivity contribution >= 4 is 45.8 Å². The Bertz CT molecular complexity index is 1270. The van der Waals surface area contributed by atoms with E-state index in [1.165, 1.54) is 30.0 Å². The molecule has 10 heteroatoms. The number of furan rings is 1. The van der Waals surface area contributed by atoms with Gasteiger partial charge in [0.2, 0.25) is 5.82 Å². The van der Waals surface area contributed by atoms with Gasteiger partial charge in [0.25, 0.3) is 5.69 Å². The maximum absolute atomic E-state index is 12.5. The van der Waals surface area contributed by atoms with Crippen LogP contribution in [0.2, 0.25) is 5.02 Å². The summed E-state index contributed by atoms with van der Waals surface area (Å²) in [6, 6.07) is 12.9. The van der Waals surface area contributed by atoms with Gasteiger partial charge >= 0.3 is 0 Å². The van der Waals surface area contributed by atoms with Crippen molar-refractivity contribution in [2.45, 2.75) is 18.6 Å². The Hall–Kier alpha value is -3.17. The predicted octanol–water partition coefficient (Wildman–Crippen LogP) is 5.25. The zero-order chi connectivity index (χ0) is 21.3. The molecule has 2 aromatic heterocycles. The van der Waals surface area contributed by atoms with Crippen LogP contribution in [-0.2, 0) is 6.54 Å². The first kappa shape index (κ1) is 20.1. The fraction of sp³-hybridized carbons (Fsp3) is 0.150. The summed E-state index contributed by atoms with van der Waals surface area (Å²) < 4.78 is 7.73. The third-order valence-electron chi connectivity index (χ3n) is 4.44. The number of halogens is 1. The molecule has 0 amide bonds. The number of benzene rings is 2. The average Bonchev–Trinajstić information content (AvgIpc) is 3.34. The molecule has 8 nitrogen and oxygen atoms in total. The van der Waals surface area contributed by atoms with Crippen molar-refractivity contribution in [2.75, 3.05) is 5.75 Å². The summed E-state index contributed by atoms with van der Waals surface area (Å²) in [5, 5.41) is 21.4. The van der Waals surface area contributed by atoms with Gasteiger partial charge in [0, 0.05) is 34.6 Å². The third kappa shape index (κ3) is 3.94. The quantitative estimate of drug-likeness (QED) is 0.166. The van der Waals surface area contributed by atoms with Crippen LogP contribution in [0.15, 0.2) is 58.1 Å². The van der Waals surface area contributed by atoms with Crippen LogP contribution in [0.1, 0.15) is 17.3 Å². The van der Waals surface area contributed by atoms with E-state index in [1.807, 2.05) is 23.6 Å². The van der Waals surface area contributed by atoms with E-state index >= 15 is 0 Å². The number of carbonyl (C=O) groups excluding carboxylic acids is 1. The molecule has 0 N–H and O–H groups in total. The van der Waals surface area contributed by atoms with Crippen LogP contribution in [0, 0.1) is 10.1 Å². The second-order valence-corrected chi connectivity index (χ2v) is 7.74. The minimum absolute atomic E-state index is 0.0784. The van der Waals surface area contributed by atoms with Crippen LogP contribution < -0.4 is 0 Å². The number of nitro benzene ring substituents is 1. The summed E-state index contributed by atoms with van der Waals surface area (Å²) in [5.41, 5.74) is 0.860. The minimum Gasteiger partial charge on any atom is -0.453 e. The number of nitrogens with zero attached hydrogens (tertiary/aromatic N) is 4. The zero-order valence-electron chi connectivity index (χ0n) is 15.7. The summed E-state index contributed by atoms with van der Waals surface area (Å²) in [4.78, 5) is 22.9. The first-order chi connectivity index (χ1) is 14.5. The van der Waals surface area contributed by atoms with Crippen molar-refractivity contribution in [3.8, 4) is 11.6 Å². The molecule has 2 aromatic carbocycles. The van der Waals surface area contributed by atoms with E-state index in [9.17, 15) is 14.9 Å². The maximum Gasteiger partial charge on any atom is 0.270 e. The Balaban J connectivity index is 1.55. The lowest BCUT2D eigenvalue weighted by Gasteiger charge is -2.05. The normalized spacial score (nSPS) is 11.1. The van der Waals surface area contributed by atoms with Crippen molar-refractivity contribution in [3.05, 3.63) is 69.2 Å². The first-order valence-corrected chi connectivity index (χ1v) is 10.4. The molecular formula is C20H15ClN4O4S. The number of thioether (sulfide) groups is 1. The molecule has 4 aromatic rings. The van der Waals surface area contributed by atoms with Gasteiger partial charge in [0.05, 0.1) is 10.7 Å². The first-order valence-electron chi connectivity index (χ1n) is 8.99. The molecule has 2 heterocycles. The van der Waals surface area contributed by atoms with Crippen molar-refractivity contribution < 1.29 is 14.1 Å². The highest BCUT2D eigenvalue weighted by Crippen LogP contribution is 2.31. The molecule has 30 heavy (non-hydrogen) atoms. The standard InChI is InChI=1S/C20H15ClN4O4S/c1-2-24-19(18-10-13-8-14(21)6-7-17(13)29-18)22-23-20(24)30-11-16(26)12-4-3-5-15(9-12)25(27)28/h3-10H,2,11H2,1H3. The molecule has 4 rings (SSSR count). The van der Waals surface area contributed by atoms with Crippen LogP contribution in [0.4, 0.5) is 5.69 Å². The second kappa shape index (κ2) is 8.29. The molecule has 0 spiro atoms. The minimum atomic E-state index is -0.523. The van der Waals surface area contributed by atoms with Crippen LogP contribution in [0.3, 0.4) is 0 Å². The predicted molar refractivity (Wildman–Crippen MR) is 114 cm³/mol. The maximum atomic E-state index is 12.5. The van der Waals surface area contributed by atoms with Crippen LogP contribution in [0.25, 0.3) is 22.6 Å². The Morgan fingerprint density at radius 1 is 1.23 bits per heavy atom. The van der Waals surface area contributed by atoms with Gasteiger partial charge in [-0.2, -0.15) is 0 Å². The number of non-ortho nitro benzene ring substituents is 1. The molecule has 0 aliphatic heterocycles. The summed E-state index contributed by atoms with van der Waals surface area (Å²) in [6.07, 6.45) is 0. The van der Waals surface area contributed by atoms with Crippen LogP contribution in [0.5, 0.6) is 0 Å².